The van der Waals surface area contributed by atoms with Crippen molar-refractivity contribution in [3.8, 4) is 0 Å². The molecule has 1 heterocycles. The number of amides is 2. The van der Waals surface area contributed by atoms with Crippen molar-refractivity contribution in [3.05, 3.63) is 35.4 Å². The zero-order valence-electron chi connectivity index (χ0n) is 15.4. The topological polar surface area (TPSA) is 85.8 Å². The molecular formula is C18H28IN5O2. The van der Waals surface area contributed by atoms with Crippen LogP contribution < -0.4 is 16.0 Å². The first-order chi connectivity index (χ1) is 12.1. The van der Waals surface area contributed by atoms with Crippen molar-refractivity contribution in [1.29, 1.82) is 0 Å². The van der Waals surface area contributed by atoms with Gasteiger partial charge in [-0.15, -0.1) is 24.0 Å². The van der Waals surface area contributed by atoms with Crippen LogP contribution in [0.15, 0.2) is 29.3 Å². The number of hydrogen-bond donors (Lipinski definition) is 3. The summed E-state index contributed by atoms with van der Waals surface area (Å²) in [5.41, 5.74) is 1.63. The Morgan fingerprint density at radius 1 is 1.23 bits per heavy atom. The molecule has 3 N–H and O–H groups in total. The molecule has 0 unspecified atom stereocenters. The average molecular weight is 473 g/mol. The van der Waals surface area contributed by atoms with Gasteiger partial charge < -0.3 is 20.9 Å². The SMILES string of the molecule is CCCNC(=NCc1ccc(C(=O)N2CCNC(=O)C2)cc1)NCC.I. The van der Waals surface area contributed by atoms with Crippen LogP contribution in [0.1, 0.15) is 36.2 Å². The smallest absolute Gasteiger partial charge is 0.254 e. The number of nitrogens with one attached hydrogen (secondary N) is 3. The summed E-state index contributed by atoms with van der Waals surface area (Å²) in [6, 6.07) is 7.41. The molecule has 1 aliphatic rings. The fourth-order valence-electron chi connectivity index (χ4n) is 2.50. The van der Waals surface area contributed by atoms with E-state index in [2.05, 4.69) is 27.9 Å². The van der Waals surface area contributed by atoms with Crippen molar-refractivity contribution in [3.63, 3.8) is 0 Å². The monoisotopic (exact) mass is 473 g/mol. The molecule has 1 aromatic carbocycles. The van der Waals surface area contributed by atoms with Crippen LogP contribution in [0.5, 0.6) is 0 Å². The minimum Gasteiger partial charge on any atom is -0.357 e. The van der Waals surface area contributed by atoms with Crippen LogP contribution in [0.3, 0.4) is 0 Å². The highest BCUT2D eigenvalue weighted by Crippen LogP contribution is 2.09. The molecule has 0 spiro atoms. The Morgan fingerprint density at radius 3 is 2.58 bits per heavy atom. The molecule has 0 bridgehead atoms. The predicted molar refractivity (Wildman–Crippen MR) is 114 cm³/mol. The van der Waals surface area contributed by atoms with Gasteiger partial charge in [0.05, 0.1) is 13.1 Å². The molecule has 7 nitrogen and oxygen atoms in total. The molecule has 1 aliphatic heterocycles. The number of hydrogen-bond acceptors (Lipinski definition) is 3. The number of piperazine rings is 1. The van der Waals surface area contributed by atoms with Gasteiger partial charge in [0.15, 0.2) is 5.96 Å². The Bertz CT molecular complexity index is 619. The van der Waals surface area contributed by atoms with Crippen LogP contribution in [0, 0.1) is 0 Å². The van der Waals surface area contributed by atoms with Crippen molar-refractivity contribution in [2.75, 3.05) is 32.7 Å². The van der Waals surface area contributed by atoms with Gasteiger partial charge in [-0.1, -0.05) is 19.1 Å². The highest BCUT2D eigenvalue weighted by Gasteiger charge is 2.21. The fourth-order valence-corrected chi connectivity index (χ4v) is 2.50. The van der Waals surface area contributed by atoms with Gasteiger partial charge >= 0.3 is 0 Å². The van der Waals surface area contributed by atoms with E-state index in [0.717, 1.165) is 31.0 Å². The predicted octanol–water partition coefficient (Wildman–Crippen LogP) is 1.34. The Morgan fingerprint density at radius 2 is 1.96 bits per heavy atom. The van der Waals surface area contributed by atoms with E-state index in [0.29, 0.717) is 25.2 Å². The van der Waals surface area contributed by atoms with E-state index in [1.165, 1.54) is 0 Å². The number of carbonyl (C=O) groups is 2. The summed E-state index contributed by atoms with van der Waals surface area (Å²) in [7, 11) is 0. The van der Waals surface area contributed by atoms with Gasteiger partial charge in [-0.25, -0.2) is 4.99 Å². The summed E-state index contributed by atoms with van der Waals surface area (Å²) in [5.74, 6) is 0.577. The highest BCUT2D eigenvalue weighted by molar-refractivity contribution is 14.0. The van der Waals surface area contributed by atoms with Crippen molar-refractivity contribution >= 4 is 41.8 Å². The molecule has 0 aromatic heterocycles. The van der Waals surface area contributed by atoms with Gasteiger partial charge in [0.2, 0.25) is 5.91 Å². The minimum absolute atomic E-state index is 0. The molecule has 0 atom stereocenters. The number of guanidine groups is 1. The molecular weight excluding hydrogens is 445 g/mol. The Hall–Kier alpha value is -1.84. The van der Waals surface area contributed by atoms with Crippen LogP contribution in [-0.2, 0) is 11.3 Å². The van der Waals surface area contributed by atoms with E-state index in [1.807, 2.05) is 19.1 Å². The second kappa shape index (κ2) is 11.7. The first-order valence-corrected chi connectivity index (χ1v) is 8.81. The van der Waals surface area contributed by atoms with Crippen molar-refractivity contribution in [2.24, 2.45) is 4.99 Å². The first kappa shape index (κ1) is 22.2. The summed E-state index contributed by atoms with van der Waals surface area (Å²) in [6.45, 7) is 7.55. The van der Waals surface area contributed by atoms with Gasteiger partial charge in [0.25, 0.3) is 5.91 Å². The normalized spacial score (nSPS) is 14.3. The van der Waals surface area contributed by atoms with Gasteiger partial charge in [-0.05, 0) is 31.0 Å². The third-order valence-electron chi connectivity index (χ3n) is 3.83. The summed E-state index contributed by atoms with van der Waals surface area (Å²) >= 11 is 0. The van der Waals surface area contributed by atoms with Crippen molar-refractivity contribution in [2.45, 2.75) is 26.8 Å². The maximum Gasteiger partial charge on any atom is 0.254 e. The third-order valence-corrected chi connectivity index (χ3v) is 3.83. The van der Waals surface area contributed by atoms with Crippen LogP contribution in [0.2, 0.25) is 0 Å². The maximum absolute atomic E-state index is 12.4. The lowest BCUT2D eigenvalue weighted by molar-refractivity contribution is -0.123. The van der Waals surface area contributed by atoms with Crippen molar-refractivity contribution < 1.29 is 9.59 Å². The summed E-state index contributed by atoms with van der Waals surface area (Å²) in [4.78, 5) is 29.9. The standard InChI is InChI=1S/C18H27N5O2.HI/c1-3-9-21-18(19-4-2)22-12-14-5-7-15(8-6-14)17(25)23-11-10-20-16(24)13-23;/h5-8H,3-4,9-13H2,1-2H3,(H,20,24)(H2,19,21,22);1H. The van der Waals surface area contributed by atoms with E-state index < -0.39 is 0 Å². The maximum atomic E-state index is 12.4. The highest BCUT2D eigenvalue weighted by atomic mass is 127. The molecule has 1 saturated heterocycles. The van der Waals surface area contributed by atoms with E-state index in [4.69, 9.17) is 0 Å². The van der Waals surface area contributed by atoms with Gasteiger partial charge in [-0.3, -0.25) is 9.59 Å². The molecule has 0 radical (unpaired) electrons. The van der Waals surface area contributed by atoms with E-state index >= 15 is 0 Å². The van der Waals surface area contributed by atoms with Crippen LogP contribution >= 0.6 is 24.0 Å². The molecule has 2 amide bonds. The van der Waals surface area contributed by atoms with E-state index in [-0.39, 0.29) is 42.3 Å². The summed E-state index contributed by atoms with van der Waals surface area (Å²) in [6.07, 6.45) is 1.04. The summed E-state index contributed by atoms with van der Waals surface area (Å²) < 4.78 is 0. The van der Waals surface area contributed by atoms with E-state index in [9.17, 15) is 9.59 Å². The Labute approximate surface area is 172 Å². The number of nitrogens with zero attached hydrogens (tertiary/aromatic N) is 2. The molecule has 2 rings (SSSR count). The number of halogens is 1. The molecule has 144 valence electrons. The van der Waals surface area contributed by atoms with Crippen LogP contribution in [0.4, 0.5) is 0 Å². The zero-order chi connectivity index (χ0) is 18.1. The van der Waals surface area contributed by atoms with E-state index in [1.54, 1.807) is 17.0 Å². The zero-order valence-corrected chi connectivity index (χ0v) is 17.7. The third kappa shape index (κ3) is 6.81. The molecule has 26 heavy (non-hydrogen) atoms. The fraction of sp³-hybridized carbons (Fsp3) is 0.500. The number of rotatable bonds is 6. The Kier molecular flexibility index (Phi) is 10.0. The lowest BCUT2D eigenvalue weighted by atomic mass is 10.1. The average Bonchev–Trinajstić information content (AvgIpc) is 2.64. The molecule has 1 fully saturated rings. The Balaban J connectivity index is 0.00000338. The number of aliphatic imine (C=N–C) groups is 1. The van der Waals surface area contributed by atoms with Gasteiger partial charge in [-0.2, -0.15) is 0 Å². The second-order valence-corrected chi connectivity index (χ2v) is 5.90. The first-order valence-electron chi connectivity index (χ1n) is 8.81. The lowest BCUT2D eigenvalue weighted by Gasteiger charge is -2.26. The minimum atomic E-state index is -0.110. The molecule has 8 heteroatoms. The molecule has 0 saturated carbocycles. The van der Waals surface area contributed by atoms with Gasteiger partial charge in [0.1, 0.15) is 0 Å². The number of carbonyl (C=O) groups excluding carboxylic acids is 2. The van der Waals surface area contributed by atoms with Crippen LogP contribution in [-0.4, -0.2) is 55.4 Å². The lowest BCUT2D eigenvalue weighted by Crippen LogP contribution is -2.49. The van der Waals surface area contributed by atoms with Gasteiger partial charge in [0, 0.05) is 31.7 Å². The summed E-state index contributed by atoms with van der Waals surface area (Å²) in [5, 5.41) is 9.18. The largest absolute Gasteiger partial charge is 0.357 e. The second-order valence-electron chi connectivity index (χ2n) is 5.90. The molecule has 0 aliphatic carbocycles. The van der Waals surface area contributed by atoms with Crippen LogP contribution in [0.25, 0.3) is 0 Å². The quantitative estimate of drug-likeness (QED) is 0.331. The molecule has 1 aromatic rings. The van der Waals surface area contributed by atoms with Crippen molar-refractivity contribution in [1.82, 2.24) is 20.9 Å². The number of benzene rings is 1.